The lowest BCUT2D eigenvalue weighted by Gasteiger charge is -2.21. The molecule has 24 heavy (non-hydrogen) atoms. The number of hydrogen-bond donors (Lipinski definition) is 0. The molecule has 1 rings (SSSR count). The van der Waals surface area contributed by atoms with Gasteiger partial charge in [0.25, 0.3) is 5.69 Å². The monoisotopic (exact) mass is 334 g/mol. The minimum atomic E-state index is -0.380. The second-order valence-electron chi connectivity index (χ2n) is 6.30. The third kappa shape index (κ3) is 8.09. The molecule has 1 amide bonds. The molecule has 0 aliphatic rings. The Morgan fingerprint density at radius 2 is 1.58 bits per heavy atom. The number of nitro groups is 1. The average Bonchev–Trinajstić information content (AvgIpc) is 2.56. The first-order valence-electron chi connectivity index (χ1n) is 9.03. The Morgan fingerprint density at radius 1 is 1.00 bits per heavy atom. The first kappa shape index (κ1) is 20.1. The molecule has 0 unspecified atom stereocenters. The normalized spacial score (nSPS) is 10.6. The van der Waals surface area contributed by atoms with Crippen LogP contribution in [0.2, 0.25) is 0 Å². The number of nitro benzene ring substituents is 1. The highest BCUT2D eigenvalue weighted by molar-refractivity contribution is 5.73. The molecule has 134 valence electrons. The average molecular weight is 334 g/mol. The minimum absolute atomic E-state index is 0.129. The Kier molecular flexibility index (Phi) is 9.73. The Balaban J connectivity index is 2.24. The molecule has 0 N–H and O–H groups in total. The largest absolute Gasteiger partial charge is 0.343 e. The van der Waals surface area contributed by atoms with Crippen molar-refractivity contribution in [3.63, 3.8) is 0 Å². The van der Waals surface area contributed by atoms with E-state index in [1.54, 1.807) is 19.1 Å². The van der Waals surface area contributed by atoms with Gasteiger partial charge in [-0.25, -0.2) is 0 Å². The van der Waals surface area contributed by atoms with Gasteiger partial charge in [-0.1, -0.05) is 44.7 Å². The lowest BCUT2D eigenvalue weighted by molar-refractivity contribution is -0.384. The van der Waals surface area contributed by atoms with Crippen LogP contribution in [-0.2, 0) is 11.2 Å². The number of hydrogen-bond acceptors (Lipinski definition) is 3. The smallest absolute Gasteiger partial charge is 0.269 e. The highest BCUT2D eigenvalue weighted by atomic mass is 16.6. The molecule has 1 aromatic carbocycles. The van der Waals surface area contributed by atoms with E-state index in [1.807, 2.05) is 17.0 Å². The van der Waals surface area contributed by atoms with Crippen molar-refractivity contribution in [1.82, 2.24) is 4.90 Å². The summed E-state index contributed by atoms with van der Waals surface area (Å²) in [4.78, 5) is 23.9. The summed E-state index contributed by atoms with van der Waals surface area (Å²) < 4.78 is 0. The lowest BCUT2D eigenvalue weighted by Crippen LogP contribution is -2.30. The number of aryl methyl sites for hydroxylation is 1. The van der Waals surface area contributed by atoms with Crippen LogP contribution in [0.25, 0.3) is 0 Å². The molecule has 0 saturated heterocycles. The van der Waals surface area contributed by atoms with E-state index < -0.39 is 0 Å². The molecule has 0 saturated carbocycles. The highest BCUT2D eigenvalue weighted by Gasteiger charge is 2.08. The molecular formula is C19H30N2O3. The number of unbranched alkanes of at least 4 members (excludes halogenated alkanes) is 5. The van der Waals surface area contributed by atoms with Gasteiger partial charge in [-0.2, -0.15) is 0 Å². The summed E-state index contributed by atoms with van der Waals surface area (Å²) in [6.07, 6.45) is 8.88. The number of nitrogens with zero attached hydrogens (tertiary/aromatic N) is 2. The maximum absolute atomic E-state index is 11.7. The molecule has 0 fully saturated rings. The lowest BCUT2D eigenvalue weighted by atomic mass is 10.1. The number of carbonyl (C=O) groups excluding carboxylic acids is 1. The van der Waals surface area contributed by atoms with Gasteiger partial charge in [0.05, 0.1) is 4.92 Å². The van der Waals surface area contributed by atoms with E-state index >= 15 is 0 Å². The molecule has 5 nitrogen and oxygen atoms in total. The van der Waals surface area contributed by atoms with Crippen LogP contribution in [0, 0.1) is 10.1 Å². The third-order valence-electron chi connectivity index (χ3n) is 4.27. The third-order valence-corrected chi connectivity index (χ3v) is 4.27. The molecule has 5 heteroatoms. The fraction of sp³-hybridized carbons (Fsp3) is 0.632. The first-order chi connectivity index (χ1) is 11.5. The number of carbonyl (C=O) groups is 1. The van der Waals surface area contributed by atoms with Crippen LogP contribution in [0.4, 0.5) is 5.69 Å². The number of non-ortho nitro benzene ring substituents is 1. The molecule has 0 aromatic heterocycles. The Labute approximate surface area is 145 Å². The van der Waals surface area contributed by atoms with E-state index in [0.29, 0.717) is 0 Å². The zero-order chi connectivity index (χ0) is 17.8. The second-order valence-corrected chi connectivity index (χ2v) is 6.30. The van der Waals surface area contributed by atoms with Crippen LogP contribution >= 0.6 is 0 Å². The SMILES string of the molecule is CCCCCCCN(CCCCc1ccc([N+](=O)[O-])cc1)C(C)=O. The molecule has 0 aliphatic heterocycles. The highest BCUT2D eigenvalue weighted by Crippen LogP contribution is 2.14. The van der Waals surface area contributed by atoms with Gasteiger partial charge in [0.2, 0.25) is 5.91 Å². The molecule has 1 aromatic rings. The molecule has 0 bridgehead atoms. The van der Waals surface area contributed by atoms with Crippen LogP contribution in [0.5, 0.6) is 0 Å². The van der Waals surface area contributed by atoms with Gasteiger partial charge in [-0.05, 0) is 31.2 Å². The minimum Gasteiger partial charge on any atom is -0.343 e. The predicted octanol–water partition coefficient (Wildman–Crippen LogP) is 4.74. The number of benzene rings is 1. The van der Waals surface area contributed by atoms with Crippen molar-refractivity contribution in [1.29, 1.82) is 0 Å². The van der Waals surface area contributed by atoms with Gasteiger partial charge < -0.3 is 4.90 Å². The summed E-state index contributed by atoms with van der Waals surface area (Å²) in [7, 11) is 0. The topological polar surface area (TPSA) is 63.4 Å². The van der Waals surface area contributed by atoms with E-state index in [9.17, 15) is 14.9 Å². The van der Waals surface area contributed by atoms with Crippen LogP contribution in [0.1, 0.15) is 64.4 Å². The van der Waals surface area contributed by atoms with Crippen LogP contribution in [0.3, 0.4) is 0 Å². The van der Waals surface area contributed by atoms with Gasteiger partial charge in [-0.15, -0.1) is 0 Å². The number of amides is 1. The van der Waals surface area contributed by atoms with Crippen molar-refractivity contribution in [3.8, 4) is 0 Å². The van der Waals surface area contributed by atoms with Crippen LogP contribution in [0.15, 0.2) is 24.3 Å². The van der Waals surface area contributed by atoms with Crippen molar-refractivity contribution < 1.29 is 9.72 Å². The van der Waals surface area contributed by atoms with E-state index in [-0.39, 0.29) is 16.5 Å². The van der Waals surface area contributed by atoms with Crippen LogP contribution in [-0.4, -0.2) is 28.8 Å². The molecule has 0 spiro atoms. The fourth-order valence-electron chi connectivity index (χ4n) is 2.75. The zero-order valence-corrected chi connectivity index (χ0v) is 15.0. The quantitative estimate of drug-likeness (QED) is 0.315. The van der Waals surface area contributed by atoms with E-state index in [1.165, 1.54) is 25.7 Å². The summed E-state index contributed by atoms with van der Waals surface area (Å²) in [6.45, 7) is 5.50. The van der Waals surface area contributed by atoms with E-state index in [2.05, 4.69) is 6.92 Å². The van der Waals surface area contributed by atoms with Gasteiger partial charge in [0.1, 0.15) is 0 Å². The fourth-order valence-corrected chi connectivity index (χ4v) is 2.75. The summed E-state index contributed by atoms with van der Waals surface area (Å²) in [5.41, 5.74) is 1.24. The van der Waals surface area contributed by atoms with Gasteiger partial charge >= 0.3 is 0 Å². The molecule has 0 radical (unpaired) electrons. The number of rotatable bonds is 12. The maximum Gasteiger partial charge on any atom is 0.269 e. The van der Waals surface area contributed by atoms with Gasteiger partial charge in [0.15, 0.2) is 0 Å². The Hall–Kier alpha value is -1.91. The first-order valence-corrected chi connectivity index (χ1v) is 9.03. The van der Waals surface area contributed by atoms with Crippen molar-refractivity contribution >= 4 is 11.6 Å². The van der Waals surface area contributed by atoms with Crippen molar-refractivity contribution in [2.45, 2.75) is 65.2 Å². The van der Waals surface area contributed by atoms with Crippen molar-refractivity contribution in [3.05, 3.63) is 39.9 Å². The molecule has 0 heterocycles. The summed E-state index contributed by atoms with van der Waals surface area (Å²) in [6, 6.07) is 6.73. The Morgan fingerprint density at radius 3 is 2.12 bits per heavy atom. The maximum atomic E-state index is 11.7. The van der Waals surface area contributed by atoms with E-state index in [4.69, 9.17) is 0 Å². The molecule has 0 atom stereocenters. The van der Waals surface area contributed by atoms with Crippen molar-refractivity contribution in [2.75, 3.05) is 13.1 Å². The van der Waals surface area contributed by atoms with E-state index in [0.717, 1.165) is 44.3 Å². The van der Waals surface area contributed by atoms with Crippen LogP contribution < -0.4 is 0 Å². The molecule has 0 aliphatic carbocycles. The van der Waals surface area contributed by atoms with Gasteiger partial charge in [-0.3, -0.25) is 14.9 Å². The zero-order valence-electron chi connectivity index (χ0n) is 15.0. The van der Waals surface area contributed by atoms with Gasteiger partial charge in [0, 0.05) is 32.1 Å². The van der Waals surface area contributed by atoms with Crippen molar-refractivity contribution in [2.24, 2.45) is 0 Å². The Bertz CT molecular complexity index is 500. The predicted molar refractivity (Wildman–Crippen MR) is 97.0 cm³/mol. The second kappa shape index (κ2) is 11.6. The summed E-state index contributed by atoms with van der Waals surface area (Å²) in [5.74, 6) is 0.154. The molecular weight excluding hydrogens is 304 g/mol. The standard InChI is InChI=1S/C19H30N2O3/c1-3-4-5-6-8-15-20(17(2)22)16-9-7-10-18-11-13-19(14-12-18)21(23)24/h11-14H,3-10,15-16H2,1-2H3. The summed E-state index contributed by atoms with van der Waals surface area (Å²) >= 11 is 0. The summed E-state index contributed by atoms with van der Waals surface area (Å²) in [5, 5.41) is 10.6.